The van der Waals surface area contributed by atoms with Crippen molar-refractivity contribution in [3.8, 4) is 0 Å². The summed E-state index contributed by atoms with van der Waals surface area (Å²) in [7, 11) is 0. The zero-order chi connectivity index (χ0) is 11.6. The highest BCUT2D eigenvalue weighted by Crippen LogP contribution is 2.33. The summed E-state index contributed by atoms with van der Waals surface area (Å²) in [5.41, 5.74) is 0.0359. The molecule has 0 amide bonds. The van der Waals surface area contributed by atoms with Gasteiger partial charge in [-0.05, 0) is 25.0 Å². The number of furan rings is 1. The van der Waals surface area contributed by atoms with Gasteiger partial charge in [0.15, 0.2) is 0 Å². The first kappa shape index (κ1) is 11.2. The average molecular weight is 218 g/mol. The molecular weight excluding hydrogens is 200 g/mol. The summed E-state index contributed by atoms with van der Waals surface area (Å²) in [6.45, 7) is 4.06. The van der Waals surface area contributed by atoms with E-state index < -0.39 is 5.60 Å². The highest BCUT2D eigenvalue weighted by Gasteiger charge is 2.29. The van der Waals surface area contributed by atoms with Crippen LogP contribution in [0.2, 0.25) is 0 Å². The predicted molar refractivity (Wildman–Crippen MR) is 65.3 cm³/mol. The molecule has 1 aromatic carbocycles. The SMILES string of the molecule is CCCC(O)(CC)c1cc2ccccc2o1. The Labute approximate surface area is 95.9 Å². The van der Waals surface area contributed by atoms with Crippen molar-refractivity contribution in [1.29, 1.82) is 0 Å². The van der Waals surface area contributed by atoms with Crippen LogP contribution in [0.3, 0.4) is 0 Å². The number of fused-ring (bicyclic) bond motifs is 1. The van der Waals surface area contributed by atoms with Crippen LogP contribution < -0.4 is 0 Å². The topological polar surface area (TPSA) is 33.4 Å². The molecule has 1 unspecified atom stereocenters. The minimum Gasteiger partial charge on any atom is -0.458 e. The average Bonchev–Trinajstić information content (AvgIpc) is 2.73. The van der Waals surface area contributed by atoms with Gasteiger partial charge in [0.1, 0.15) is 16.9 Å². The van der Waals surface area contributed by atoms with Crippen molar-refractivity contribution in [1.82, 2.24) is 0 Å². The lowest BCUT2D eigenvalue weighted by atomic mass is 9.92. The Balaban J connectivity index is 2.45. The second-order valence-electron chi connectivity index (χ2n) is 4.28. The summed E-state index contributed by atoms with van der Waals surface area (Å²) in [4.78, 5) is 0. The highest BCUT2D eigenvalue weighted by atomic mass is 16.4. The van der Waals surface area contributed by atoms with Crippen molar-refractivity contribution in [2.75, 3.05) is 0 Å². The highest BCUT2D eigenvalue weighted by molar-refractivity contribution is 5.77. The third-order valence-electron chi connectivity index (χ3n) is 3.13. The molecule has 0 spiro atoms. The van der Waals surface area contributed by atoms with Crippen LogP contribution in [0.1, 0.15) is 38.9 Å². The van der Waals surface area contributed by atoms with Crippen LogP contribution in [0, 0.1) is 0 Å². The van der Waals surface area contributed by atoms with Gasteiger partial charge in [-0.3, -0.25) is 0 Å². The van der Waals surface area contributed by atoms with E-state index in [1.54, 1.807) is 0 Å². The van der Waals surface area contributed by atoms with Crippen molar-refractivity contribution in [3.05, 3.63) is 36.1 Å². The molecule has 2 nitrogen and oxygen atoms in total. The van der Waals surface area contributed by atoms with Crippen LogP contribution >= 0.6 is 0 Å². The van der Waals surface area contributed by atoms with Gasteiger partial charge in [-0.25, -0.2) is 0 Å². The Morgan fingerprint density at radius 1 is 1.25 bits per heavy atom. The second-order valence-corrected chi connectivity index (χ2v) is 4.28. The molecule has 2 heteroatoms. The van der Waals surface area contributed by atoms with Crippen LogP contribution in [0.15, 0.2) is 34.7 Å². The minimum atomic E-state index is -0.812. The molecule has 0 saturated heterocycles. The molecule has 86 valence electrons. The Morgan fingerprint density at radius 2 is 2.00 bits per heavy atom. The van der Waals surface area contributed by atoms with E-state index in [0.29, 0.717) is 12.2 Å². The summed E-state index contributed by atoms with van der Waals surface area (Å²) in [6.07, 6.45) is 2.37. The fraction of sp³-hybridized carbons (Fsp3) is 0.429. The Bertz CT molecular complexity index is 439. The third-order valence-corrected chi connectivity index (χ3v) is 3.13. The first-order valence-electron chi connectivity index (χ1n) is 5.91. The molecule has 1 heterocycles. The van der Waals surface area contributed by atoms with Gasteiger partial charge in [-0.2, -0.15) is 0 Å². The minimum absolute atomic E-state index is 0.681. The fourth-order valence-corrected chi connectivity index (χ4v) is 2.10. The molecule has 2 rings (SSSR count). The van der Waals surface area contributed by atoms with Gasteiger partial charge in [0.25, 0.3) is 0 Å². The van der Waals surface area contributed by atoms with Crippen LogP contribution in [0.5, 0.6) is 0 Å². The monoisotopic (exact) mass is 218 g/mol. The molecule has 0 aliphatic carbocycles. The lowest BCUT2D eigenvalue weighted by Gasteiger charge is -2.23. The molecule has 0 radical (unpaired) electrons. The molecule has 1 atom stereocenters. The maximum absolute atomic E-state index is 10.5. The van der Waals surface area contributed by atoms with Crippen molar-refractivity contribution < 1.29 is 9.52 Å². The Hall–Kier alpha value is -1.28. The summed E-state index contributed by atoms with van der Waals surface area (Å²) in [5, 5.41) is 11.6. The van der Waals surface area contributed by atoms with Gasteiger partial charge in [-0.1, -0.05) is 38.5 Å². The number of benzene rings is 1. The first-order valence-corrected chi connectivity index (χ1v) is 5.91. The summed E-state index contributed by atoms with van der Waals surface area (Å²) >= 11 is 0. The molecule has 0 aliphatic heterocycles. The van der Waals surface area contributed by atoms with Crippen LogP contribution in [-0.2, 0) is 5.60 Å². The second kappa shape index (κ2) is 4.30. The Kier molecular flexibility index (Phi) is 3.01. The summed E-state index contributed by atoms with van der Waals surface area (Å²) < 4.78 is 5.73. The first-order chi connectivity index (χ1) is 7.69. The van der Waals surface area contributed by atoms with Gasteiger partial charge in [0.05, 0.1) is 0 Å². The molecule has 0 bridgehead atoms. The molecule has 0 aliphatic rings. The molecule has 16 heavy (non-hydrogen) atoms. The van der Waals surface area contributed by atoms with Crippen LogP contribution in [-0.4, -0.2) is 5.11 Å². The maximum atomic E-state index is 10.5. The van der Waals surface area contributed by atoms with Crippen molar-refractivity contribution in [3.63, 3.8) is 0 Å². The van der Waals surface area contributed by atoms with Gasteiger partial charge in [0.2, 0.25) is 0 Å². The zero-order valence-corrected chi connectivity index (χ0v) is 9.86. The Morgan fingerprint density at radius 3 is 2.62 bits per heavy atom. The fourth-order valence-electron chi connectivity index (χ4n) is 2.10. The zero-order valence-electron chi connectivity index (χ0n) is 9.86. The number of aliphatic hydroxyl groups is 1. The third kappa shape index (κ3) is 1.85. The van der Waals surface area contributed by atoms with Gasteiger partial charge in [-0.15, -0.1) is 0 Å². The lowest BCUT2D eigenvalue weighted by Crippen LogP contribution is -2.23. The van der Waals surface area contributed by atoms with E-state index in [2.05, 4.69) is 6.92 Å². The van der Waals surface area contributed by atoms with E-state index in [1.807, 2.05) is 37.3 Å². The molecule has 2 aromatic rings. The smallest absolute Gasteiger partial charge is 0.136 e. The lowest BCUT2D eigenvalue weighted by molar-refractivity contribution is 0.00296. The number of hydrogen-bond donors (Lipinski definition) is 1. The molecular formula is C14H18O2. The summed E-state index contributed by atoms with van der Waals surface area (Å²) in [5.74, 6) is 0.693. The van der Waals surface area contributed by atoms with Crippen molar-refractivity contribution >= 4 is 11.0 Å². The van der Waals surface area contributed by atoms with Crippen molar-refractivity contribution in [2.45, 2.75) is 38.7 Å². The number of para-hydroxylation sites is 1. The van der Waals surface area contributed by atoms with E-state index in [-0.39, 0.29) is 0 Å². The molecule has 0 fully saturated rings. The van der Waals surface area contributed by atoms with E-state index >= 15 is 0 Å². The van der Waals surface area contributed by atoms with E-state index in [0.717, 1.165) is 23.8 Å². The summed E-state index contributed by atoms with van der Waals surface area (Å²) in [6, 6.07) is 9.81. The maximum Gasteiger partial charge on any atom is 0.136 e. The van der Waals surface area contributed by atoms with Crippen LogP contribution in [0.25, 0.3) is 11.0 Å². The number of hydrogen-bond acceptors (Lipinski definition) is 2. The van der Waals surface area contributed by atoms with Gasteiger partial charge in [0, 0.05) is 5.39 Å². The largest absolute Gasteiger partial charge is 0.458 e. The van der Waals surface area contributed by atoms with E-state index in [9.17, 15) is 5.11 Å². The normalized spacial score (nSPS) is 15.2. The van der Waals surface area contributed by atoms with Crippen molar-refractivity contribution in [2.24, 2.45) is 0 Å². The predicted octanol–water partition coefficient (Wildman–Crippen LogP) is 3.83. The van der Waals surface area contributed by atoms with E-state index in [4.69, 9.17) is 4.42 Å². The molecule has 1 N–H and O–H groups in total. The number of rotatable bonds is 4. The molecule has 0 saturated carbocycles. The standard InChI is InChI=1S/C14H18O2/c1-3-9-14(15,4-2)13-10-11-7-5-6-8-12(11)16-13/h5-8,10,15H,3-4,9H2,1-2H3. The van der Waals surface area contributed by atoms with E-state index in [1.165, 1.54) is 0 Å². The molecule has 1 aromatic heterocycles. The van der Waals surface area contributed by atoms with Gasteiger partial charge < -0.3 is 9.52 Å². The van der Waals surface area contributed by atoms with Crippen LogP contribution in [0.4, 0.5) is 0 Å². The van der Waals surface area contributed by atoms with Gasteiger partial charge >= 0.3 is 0 Å². The quantitative estimate of drug-likeness (QED) is 0.846.